The number of halogens is 3. The summed E-state index contributed by atoms with van der Waals surface area (Å²) in [4.78, 5) is 40.2. The van der Waals surface area contributed by atoms with Crippen molar-refractivity contribution in [3.63, 3.8) is 0 Å². The van der Waals surface area contributed by atoms with E-state index in [4.69, 9.17) is 5.73 Å². The Hall–Kier alpha value is -4.59. The van der Waals surface area contributed by atoms with E-state index in [1.54, 1.807) is 43.0 Å². The molecule has 0 saturated carbocycles. The van der Waals surface area contributed by atoms with E-state index >= 15 is 0 Å². The number of hydrogen-bond donors (Lipinski definition) is 1. The molecule has 2 N–H and O–H groups in total. The van der Waals surface area contributed by atoms with Crippen molar-refractivity contribution in [1.29, 1.82) is 0 Å². The molecule has 10 nitrogen and oxygen atoms in total. The van der Waals surface area contributed by atoms with Crippen LogP contribution >= 0.6 is 11.3 Å². The highest BCUT2D eigenvalue weighted by atomic mass is 32.1. The van der Waals surface area contributed by atoms with Crippen LogP contribution in [0.2, 0.25) is 0 Å². The van der Waals surface area contributed by atoms with Crippen molar-refractivity contribution in [3.8, 4) is 0 Å². The van der Waals surface area contributed by atoms with Gasteiger partial charge < -0.3 is 5.73 Å². The lowest BCUT2D eigenvalue weighted by molar-refractivity contribution is -0.137. The van der Waals surface area contributed by atoms with Gasteiger partial charge in [0.25, 0.3) is 11.8 Å². The molecule has 0 bridgehead atoms. The second-order valence-corrected chi connectivity index (χ2v) is 9.80. The smallest absolute Gasteiger partial charge is 0.383 e. The van der Waals surface area contributed by atoms with Crippen LogP contribution in [0.3, 0.4) is 0 Å². The molecule has 0 aliphatic heterocycles. The van der Waals surface area contributed by atoms with Gasteiger partial charge in [-0.2, -0.15) is 18.3 Å². The van der Waals surface area contributed by atoms with Crippen LogP contribution in [0.1, 0.15) is 37.0 Å². The van der Waals surface area contributed by atoms with Crippen LogP contribution < -0.4 is 5.73 Å². The number of nitrogen functional groups attached to an aromatic ring is 1. The van der Waals surface area contributed by atoms with E-state index in [0.29, 0.717) is 38.7 Å². The minimum atomic E-state index is -4.56. The van der Waals surface area contributed by atoms with E-state index in [9.17, 15) is 22.8 Å². The maximum atomic E-state index is 13.9. The van der Waals surface area contributed by atoms with E-state index in [2.05, 4.69) is 20.1 Å². The summed E-state index contributed by atoms with van der Waals surface area (Å²) in [5.74, 6) is -0.851. The number of hydrazine groups is 1. The number of pyridine rings is 2. The van der Waals surface area contributed by atoms with Gasteiger partial charge in [0.15, 0.2) is 0 Å². The lowest BCUT2D eigenvalue weighted by Gasteiger charge is -2.31. The van der Waals surface area contributed by atoms with Crippen LogP contribution in [-0.2, 0) is 19.8 Å². The number of carbonyl (C=O) groups excluding carboxylic acids is 2. The predicted molar refractivity (Wildman–Crippen MR) is 138 cm³/mol. The number of nitrogens with zero attached hydrogens (tertiary/aromatic N) is 7. The third kappa shape index (κ3) is 4.74. The van der Waals surface area contributed by atoms with Crippen LogP contribution in [0.25, 0.3) is 21.8 Å². The van der Waals surface area contributed by atoms with Gasteiger partial charge in [-0.25, -0.2) is 20.0 Å². The Morgan fingerprint density at radius 1 is 1.08 bits per heavy atom. The summed E-state index contributed by atoms with van der Waals surface area (Å²) in [6, 6.07) is 6.84. The summed E-state index contributed by atoms with van der Waals surface area (Å²) in [6.45, 7) is 1.45. The molecule has 0 aliphatic carbocycles. The van der Waals surface area contributed by atoms with Gasteiger partial charge in [0, 0.05) is 36.1 Å². The minimum absolute atomic E-state index is 0.148. The van der Waals surface area contributed by atoms with Gasteiger partial charge in [-0.3, -0.25) is 19.3 Å². The largest absolute Gasteiger partial charge is 0.417 e. The normalized spacial score (nSPS) is 11.7. The first-order valence-electron chi connectivity index (χ1n) is 11.5. The summed E-state index contributed by atoms with van der Waals surface area (Å²) in [5, 5.41) is 7.68. The second-order valence-electron chi connectivity index (χ2n) is 8.74. The molecular weight excluding hydrogens is 533 g/mol. The number of rotatable bonds is 4. The lowest BCUT2D eigenvalue weighted by Crippen LogP contribution is -2.47. The molecule has 2 amide bonds. The van der Waals surface area contributed by atoms with Crippen LogP contribution in [-0.4, -0.2) is 53.6 Å². The zero-order valence-electron chi connectivity index (χ0n) is 20.9. The highest BCUT2D eigenvalue weighted by molar-refractivity contribution is 7.09. The molecule has 0 radical (unpaired) electrons. The fourth-order valence-electron chi connectivity index (χ4n) is 4.17. The summed E-state index contributed by atoms with van der Waals surface area (Å²) in [7, 11) is 3.13. The Kier molecular flexibility index (Phi) is 6.42. The third-order valence-corrected chi connectivity index (χ3v) is 7.01. The van der Waals surface area contributed by atoms with Crippen molar-refractivity contribution in [2.24, 2.45) is 7.05 Å². The highest BCUT2D eigenvalue weighted by Crippen LogP contribution is 2.30. The zero-order valence-corrected chi connectivity index (χ0v) is 21.7. The topological polar surface area (TPSA) is 123 Å². The molecule has 0 spiro atoms. The maximum absolute atomic E-state index is 13.9. The van der Waals surface area contributed by atoms with E-state index < -0.39 is 23.6 Å². The third-order valence-electron chi connectivity index (χ3n) is 6.26. The van der Waals surface area contributed by atoms with Gasteiger partial charge in [-0.15, -0.1) is 11.3 Å². The molecule has 4 heterocycles. The van der Waals surface area contributed by atoms with Crippen molar-refractivity contribution in [2.45, 2.75) is 19.6 Å². The van der Waals surface area contributed by atoms with E-state index in [0.717, 1.165) is 16.1 Å². The van der Waals surface area contributed by atoms with Gasteiger partial charge in [0.2, 0.25) is 0 Å². The van der Waals surface area contributed by atoms with Gasteiger partial charge in [0.05, 0.1) is 45.9 Å². The number of aryl methyl sites for hydroxylation is 2. The molecule has 200 valence electrons. The number of hydrogen-bond acceptors (Lipinski definition) is 8. The number of benzene rings is 1. The summed E-state index contributed by atoms with van der Waals surface area (Å²) >= 11 is 1.27. The van der Waals surface area contributed by atoms with Crippen LogP contribution in [0.5, 0.6) is 0 Å². The summed E-state index contributed by atoms with van der Waals surface area (Å²) < 4.78 is 40.8. The fourth-order valence-corrected chi connectivity index (χ4v) is 4.73. The Morgan fingerprint density at radius 2 is 1.85 bits per heavy atom. The van der Waals surface area contributed by atoms with Crippen LogP contribution in [0.4, 0.5) is 19.0 Å². The maximum Gasteiger partial charge on any atom is 0.417 e. The molecule has 5 rings (SSSR count). The zero-order chi connectivity index (χ0) is 28.1. The van der Waals surface area contributed by atoms with E-state index in [1.807, 2.05) is 0 Å². The Bertz CT molecular complexity index is 1730. The number of thiazole rings is 1. The average molecular weight is 555 g/mol. The van der Waals surface area contributed by atoms with Crippen LogP contribution in [0, 0.1) is 6.92 Å². The molecule has 0 aliphatic rings. The van der Waals surface area contributed by atoms with Crippen molar-refractivity contribution < 1.29 is 22.8 Å². The van der Waals surface area contributed by atoms with Crippen molar-refractivity contribution in [2.75, 3.05) is 12.8 Å². The van der Waals surface area contributed by atoms with Gasteiger partial charge in [0.1, 0.15) is 11.5 Å². The number of amides is 2. The Morgan fingerprint density at radius 3 is 2.49 bits per heavy atom. The summed E-state index contributed by atoms with van der Waals surface area (Å²) in [5.41, 5.74) is 8.39. The first-order chi connectivity index (χ1) is 18.5. The Labute approximate surface area is 223 Å². The number of aromatic nitrogens is 5. The first kappa shape index (κ1) is 26.0. The number of alkyl halides is 3. The second kappa shape index (κ2) is 9.62. The van der Waals surface area contributed by atoms with E-state index in [-0.39, 0.29) is 23.5 Å². The number of fused-ring (bicyclic) bond motifs is 3. The highest BCUT2D eigenvalue weighted by Gasteiger charge is 2.32. The Balaban J connectivity index is 1.57. The first-order valence-corrected chi connectivity index (χ1v) is 12.4. The lowest BCUT2D eigenvalue weighted by atomic mass is 10.1. The molecule has 1 aromatic carbocycles. The molecule has 14 heteroatoms. The van der Waals surface area contributed by atoms with Crippen molar-refractivity contribution in [1.82, 2.24) is 34.8 Å². The van der Waals surface area contributed by atoms with Crippen LogP contribution in [0.15, 0.2) is 48.2 Å². The molecule has 5 aromatic rings. The molecule has 0 saturated heterocycles. The predicted octanol–water partition coefficient (Wildman–Crippen LogP) is 4.21. The average Bonchev–Trinajstić information content (AvgIpc) is 3.51. The van der Waals surface area contributed by atoms with Crippen molar-refractivity contribution >= 4 is 50.8 Å². The molecule has 39 heavy (non-hydrogen) atoms. The SMILES string of the molecule is Cc1scnc1C(=O)N(C)N(Cc1ccc(C(F)(F)F)cn1)C(=O)c1ccc2nc(N)c3cnn(C)c3c2c1. The number of anilines is 1. The van der Waals surface area contributed by atoms with Gasteiger partial charge in [-0.05, 0) is 37.3 Å². The molecule has 0 fully saturated rings. The number of nitrogens with two attached hydrogens (primary N) is 1. The summed E-state index contributed by atoms with van der Waals surface area (Å²) in [6.07, 6.45) is -2.29. The molecule has 0 unspecified atom stereocenters. The van der Waals surface area contributed by atoms with E-state index in [1.165, 1.54) is 30.0 Å². The standard InChI is InChI=1S/C25H21F3N8O2S/c1-13-20(31-12-39-13)24(38)35(3)36(11-16-6-5-15(9-30-16)25(26,27)28)23(37)14-4-7-19-17(8-14)21-18(22(29)33-19)10-32-34(21)2/h4-10,12H,11H2,1-3H3,(H2,29,33). The molecular formula is C25H21F3N8O2S. The van der Waals surface area contributed by atoms with Crippen molar-refractivity contribution in [3.05, 3.63) is 75.6 Å². The quantitative estimate of drug-likeness (QED) is 0.330. The monoisotopic (exact) mass is 554 g/mol. The van der Waals surface area contributed by atoms with Gasteiger partial charge >= 0.3 is 6.18 Å². The molecule has 0 atom stereocenters. The number of carbonyl (C=O) groups is 2. The van der Waals surface area contributed by atoms with Gasteiger partial charge in [-0.1, -0.05) is 0 Å². The molecule has 4 aromatic heterocycles. The fraction of sp³-hybridized carbons (Fsp3) is 0.200. The minimum Gasteiger partial charge on any atom is -0.383 e.